The Morgan fingerprint density at radius 3 is 2.09 bits per heavy atom. The van der Waals surface area contributed by atoms with Crippen LogP contribution in [0.5, 0.6) is 0 Å². The molecule has 1 aromatic heterocycles. The predicted octanol–water partition coefficient (Wildman–Crippen LogP) is 4.30. The van der Waals surface area contributed by atoms with Crippen LogP contribution < -0.4 is 0 Å². The number of methoxy groups -OCH3 is 1. The molecule has 2 amide bonds. The van der Waals surface area contributed by atoms with Crippen LogP contribution in [0.15, 0.2) is 72.1 Å². The third-order valence-corrected chi connectivity index (χ3v) is 6.32. The maximum absolute atomic E-state index is 13.4. The average Bonchev–Trinajstić information content (AvgIpc) is 3.21. The highest BCUT2D eigenvalue weighted by Gasteiger charge is 2.22. The molecule has 0 aliphatic rings. The van der Waals surface area contributed by atoms with Crippen molar-refractivity contribution in [2.75, 3.05) is 26.8 Å². The molecular weight excluding hydrogens is 420 g/mol. The Balaban J connectivity index is 1.75. The van der Waals surface area contributed by atoms with E-state index in [2.05, 4.69) is 13.0 Å². The Labute approximate surface area is 194 Å². The van der Waals surface area contributed by atoms with Crippen LogP contribution in [0, 0.1) is 6.92 Å². The smallest absolute Gasteiger partial charge is 0.242 e. The van der Waals surface area contributed by atoms with E-state index in [1.807, 2.05) is 70.9 Å². The van der Waals surface area contributed by atoms with Gasteiger partial charge in [0.15, 0.2) is 0 Å². The fraction of sp³-hybridized carbons (Fsp3) is 0.308. The zero-order chi connectivity index (χ0) is 22.8. The molecule has 0 saturated heterocycles. The Hall–Kier alpha value is -2.96. The van der Waals surface area contributed by atoms with Crippen molar-refractivity contribution >= 4 is 23.2 Å². The molecule has 3 rings (SSSR count). The Bertz CT molecular complexity index is 989. The maximum atomic E-state index is 13.4. The number of carbonyl (C=O) groups is 2. The summed E-state index contributed by atoms with van der Waals surface area (Å²) in [6.45, 7) is 3.89. The van der Waals surface area contributed by atoms with E-state index in [1.54, 1.807) is 23.3 Å². The summed E-state index contributed by atoms with van der Waals surface area (Å²) in [5.41, 5.74) is 3.18. The van der Waals surface area contributed by atoms with E-state index in [9.17, 15) is 9.59 Å². The number of amides is 2. The van der Waals surface area contributed by atoms with Crippen LogP contribution in [-0.2, 0) is 33.8 Å². The van der Waals surface area contributed by atoms with Gasteiger partial charge in [-0.05, 0) is 35.1 Å². The summed E-state index contributed by atoms with van der Waals surface area (Å²) < 4.78 is 5.19. The number of hydrogen-bond donors (Lipinski definition) is 0. The van der Waals surface area contributed by atoms with Crippen molar-refractivity contribution in [3.8, 4) is 0 Å². The van der Waals surface area contributed by atoms with E-state index in [-0.39, 0.29) is 24.8 Å². The zero-order valence-corrected chi connectivity index (χ0v) is 19.5. The topological polar surface area (TPSA) is 49.9 Å². The highest BCUT2D eigenvalue weighted by atomic mass is 32.1. The van der Waals surface area contributed by atoms with Crippen LogP contribution in [0.2, 0.25) is 0 Å². The number of hydrogen-bond acceptors (Lipinski definition) is 4. The van der Waals surface area contributed by atoms with Crippen LogP contribution in [0.1, 0.15) is 21.6 Å². The molecule has 32 heavy (non-hydrogen) atoms. The summed E-state index contributed by atoms with van der Waals surface area (Å²) in [6, 6.07) is 21.6. The van der Waals surface area contributed by atoms with Crippen LogP contribution in [0.3, 0.4) is 0 Å². The number of nitrogens with zero attached hydrogens (tertiary/aromatic N) is 2. The van der Waals surface area contributed by atoms with Gasteiger partial charge in [-0.3, -0.25) is 9.59 Å². The van der Waals surface area contributed by atoms with Gasteiger partial charge in [0.05, 0.1) is 26.1 Å². The first-order valence-corrected chi connectivity index (χ1v) is 11.6. The van der Waals surface area contributed by atoms with Gasteiger partial charge in [-0.15, -0.1) is 11.3 Å². The SMILES string of the molecule is COCCN(CC(=O)N(Cc1ccccc1)Cc1sccc1C)C(=O)Cc1ccccc1. The second kappa shape index (κ2) is 12.2. The number of aryl methyl sites for hydroxylation is 1. The lowest BCUT2D eigenvalue weighted by Crippen LogP contribution is -2.44. The van der Waals surface area contributed by atoms with E-state index in [4.69, 9.17) is 4.74 Å². The van der Waals surface area contributed by atoms with Gasteiger partial charge < -0.3 is 14.5 Å². The molecule has 6 heteroatoms. The number of ether oxygens (including phenoxy) is 1. The summed E-state index contributed by atoms with van der Waals surface area (Å²) in [5, 5.41) is 2.05. The first-order chi connectivity index (χ1) is 15.6. The summed E-state index contributed by atoms with van der Waals surface area (Å²) in [7, 11) is 1.60. The molecule has 0 N–H and O–H groups in total. The molecule has 2 aromatic carbocycles. The number of benzene rings is 2. The monoisotopic (exact) mass is 450 g/mol. The third-order valence-electron chi connectivity index (χ3n) is 5.31. The molecular formula is C26H30N2O3S. The second-order valence-electron chi connectivity index (χ2n) is 7.73. The fourth-order valence-corrected chi connectivity index (χ4v) is 4.34. The van der Waals surface area contributed by atoms with Crippen LogP contribution in [0.25, 0.3) is 0 Å². The second-order valence-corrected chi connectivity index (χ2v) is 8.73. The lowest BCUT2D eigenvalue weighted by atomic mass is 10.1. The van der Waals surface area contributed by atoms with Crippen LogP contribution >= 0.6 is 11.3 Å². The number of carbonyl (C=O) groups excluding carboxylic acids is 2. The van der Waals surface area contributed by atoms with Crippen molar-refractivity contribution in [1.82, 2.24) is 9.80 Å². The Morgan fingerprint density at radius 1 is 0.844 bits per heavy atom. The molecule has 0 aliphatic carbocycles. The van der Waals surface area contributed by atoms with Gasteiger partial charge in [0.2, 0.25) is 11.8 Å². The molecule has 0 bridgehead atoms. The van der Waals surface area contributed by atoms with E-state index >= 15 is 0 Å². The minimum absolute atomic E-state index is 0.0340. The van der Waals surface area contributed by atoms with Crippen molar-refractivity contribution in [2.24, 2.45) is 0 Å². The molecule has 5 nitrogen and oxygen atoms in total. The summed E-state index contributed by atoms with van der Waals surface area (Å²) >= 11 is 1.65. The molecule has 0 unspecified atom stereocenters. The van der Waals surface area contributed by atoms with E-state index < -0.39 is 0 Å². The molecule has 0 atom stereocenters. The Kier molecular flexibility index (Phi) is 9.01. The molecule has 0 fully saturated rings. The minimum Gasteiger partial charge on any atom is -0.383 e. The fourth-order valence-electron chi connectivity index (χ4n) is 3.41. The minimum atomic E-state index is -0.0754. The number of thiophene rings is 1. The molecule has 0 saturated carbocycles. The van der Waals surface area contributed by atoms with Crippen LogP contribution in [-0.4, -0.2) is 48.4 Å². The zero-order valence-electron chi connectivity index (χ0n) is 18.7. The molecule has 0 spiro atoms. The quantitative estimate of drug-likeness (QED) is 0.438. The van der Waals surface area contributed by atoms with E-state index in [1.165, 1.54) is 5.56 Å². The summed E-state index contributed by atoms with van der Waals surface area (Å²) in [6.07, 6.45) is 0.264. The largest absolute Gasteiger partial charge is 0.383 e. The Morgan fingerprint density at radius 2 is 1.50 bits per heavy atom. The van der Waals surface area contributed by atoms with Gasteiger partial charge in [-0.25, -0.2) is 0 Å². The standard InChI is InChI=1S/C26H30N2O3S/c1-21-13-16-32-24(21)19-28(18-23-11-7-4-8-12-23)26(30)20-27(14-15-31-2)25(29)17-22-9-5-3-6-10-22/h3-13,16H,14-15,17-20H2,1-2H3. The first kappa shape index (κ1) is 23.7. The van der Waals surface area contributed by atoms with Crippen molar-refractivity contribution in [2.45, 2.75) is 26.4 Å². The molecule has 0 aliphatic heterocycles. The highest BCUT2D eigenvalue weighted by molar-refractivity contribution is 7.10. The maximum Gasteiger partial charge on any atom is 0.242 e. The number of rotatable bonds is 11. The highest BCUT2D eigenvalue weighted by Crippen LogP contribution is 2.20. The van der Waals surface area contributed by atoms with Crippen molar-refractivity contribution in [1.29, 1.82) is 0 Å². The molecule has 0 radical (unpaired) electrons. The van der Waals surface area contributed by atoms with Gasteiger partial charge in [0, 0.05) is 25.1 Å². The van der Waals surface area contributed by atoms with Crippen molar-refractivity contribution in [3.63, 3.8) is 0 Å². The van der Waals surface area contributed by atoms with Gasteiger partial charge >= 0.3 is 0 Å². The molecule has 1 heterocycles. The van der Waals surface area contributed by atoms with Crippen LogP contribution in [0.4, 0.5) is 0 Å². The van der Waals surface area contributed by atoms with Gasteiger partial charge in [-0.1, -0.05) is 60.7 Å². The third kappa shape index (κ3) is 7.04. The van der Waals surface area contributed by atoms with Gasteiger partial charge in [0.25, 0.3) is 0 Å². The molecule has 168 valence electrons. The van der Waals surface area contributed by atoms with Gasteiger partial charge in [-0.2, -0.15) is 0 Å². The summed E-state index contributed by atoms with van der Waals surface area (Å²) in [5.74, 6) is -0.146. The van der Waals surface area contributed by atoms with Crippen molar-refractivity contribution < 1.29 is 14.3 Å². The van der Waals surface area contributed by atoms with Crippen molar-refractivity contribution in [3.05, 3.63) is 93.7 Å². The lowest BCUT2D eigenvalue weighted by Gasteiger charge is -2.28. The van der Waals surface area contributed by atoms with E-state index in [0.29, 0.717) is 26.2 Å². The predicted molar refractivity (Wildman–Crippen MR) is 128 cm³/mol. The lowest BCUT2D eigenvalue weighted by molar-refractivity contribution is -0.141. The average molecular weight is 451 g/mol. The van der Waals surface area contributed by atoms with E-state index in [0.717, 1.165) is 16.0 Å². The first-order valence-electron chi connectivity index (χ1n) is 10.7. The van der Waals surface area contributed by atoms with Gasteiger partial charge in [0.1, 0.15) is 0 Å². The normalized spacial score (nSPS) is 10.7. The summed E-state index contributed by atoms with van der Waals surface area (Å²) in [4.78, 5) is 31.0. The molecule has 3 aromatic rings.